The lowest BCUT2D eigenvalue weighted by atomic mass is 10.2. The second-order valence-electron chi connectivity index (χ2n) is 2.92. The minimum absolute atomic E-state index is 0.217. The Kier molecular flexibility index (Phi) is 5.92. The van der Waals surface area contributed by atoms with Crippen LogP contribution in [0.15, 0.2) is 0 Å². The first kappa shape index (κ1) is 13.5. The van der Waals surface area contributed by atoms with Crippen LogP contribution in [-0.2, 0) is 4.79 Å². The van der Waals surface area contributed by atoms with Gasteiger partial charge in [-0.05, 0) is 6.42 Å². The van der Waals surface area contributed by atoms with Crippen molar-refractivity contribution in [2.45, 2.75) is 37.7 Å². The Labute approximate surface area is 85.8 Å². The zero-order valence-corrected chi connectivity index (χ0v) is 8.58. The number of carbonyl (C=O) groups is 1. The van der Waals surface area contributed by atoms with Gasteiger partial charge in [0.15, 0.2) is 0 Å². The second kappa shape index (κ2) is 6.11. The van der Waals surface area contributed by atoms with Crippen molar-refractivity contribution in [3.05, 3.63) is 0 Å². The summed E-state index contributed by atoms with van der Waals surface area (Å²) < 4.78 is 35.0. The molecule has 1 unspecified atom stereocenters. The maximum Gasteiger partial charge on any atom is 0.389 e. The van der Waals surface area contributed by atoms with Gasteiger partial charge in [-0.2, -0.15) is 13.2 Å². The predicted molar refractivity (Wildman–Crippen MR) is 48.2 cm³/mol. The molecule has 0 aliphatic heterocycles. The maximum atomic E-state index is 11.7. The molecule has 0 saturated heterocycles. The Morgan fingerprint density at radius 1 is 1.50 bits per heavy atom. The van der Waals surface area contributed by atoms with E-state index in [1.807, 2.05) is 6.92 Å². The molecule has 0 spiro atoms. The van der Waals surface area contributed by atoms with E-state index in [1.54, 1.807) is 0 Å². The van der Waals surface area contributed by atoms with Gasteiger partial charge in [0.1, 0.15) is 0 Å². The fourth-order valence-electron chi connectivity index (χ4n) is 0.713. The van der Waals surface area contributed by atoms with E-state index in [1.165, 1.54) is 0 Å². The highest BCUT2D eigenvalue weighted by Gasteiger charge is 2.27. The van der Waals surface area contributed by atoms with E-state index in [0.717, 1.165) is 0 Å². The molecule has 0 saturated carbocycles. The summed E-state index contributed by atoms with van der Waals surface area (Å²) in [7, 11) is 0. The van der Waals surface area contributed by atoms with Crippen LogP contribution in [0.1, 0.15) is 26.2 Å². The molecule has 2 nitrogen and oxygen atoms in total. The standard InChI is InChI=1S/C8H13ClF3NO/c1-2-6(9)5-13-7(14)3-4-8(10,11)12/h6H,2-5H2,1H3,(H,13,14). The minimum atomic E-state index is -4.28. The molecular formula is C8H13ClF3NO. The monoisotopic (exact) mass is 231 g/mol. The number of rotatable bonds is 5. The number of alkyl halides is 4. The second-order valence-corrected chi connectivity index (χ2v) is 3.54. The van der Waals surface area contributed by atoms with Gasteiger partial charge in [0.2, 0.25) is 5.91 Å². The van der Waals surface area contributed by atoms with E-state index in [2.05, 4.69) is 5.32 Å². The van der Waals surface area contributed by atoms with E-state index in [-0.39, 0.29) is 11.9 Å². The van der Waals surface area contributed by atoms with Crippen LogP contribution in [0.2, 0.25) is 0 Å². The average molecular weight is 232 g/mol. The Bertz CT molecular complexity index is 184. The number of nitrogens with one attached hydrogen (secondary N) is 1. The highest BCUT2D eigenvalue weighted by molar-refractivity contribution is 6.20. The summed E-state index contributed by atoms with van der Waals surface area (Å²) in [5.41, 5.74) is 0. The Hall–Kier alpha value is -0.450. The summed E-state index contributed by atoms with van der Waals surface area (Å²) in [5.74, 6) is -0.610. The highest BCUT2D eigenvalue weighted by atomic mass is 35.5. The molecule has 0 bridgehead atoms. The number of hydrogen-bond donors (Lipinski definition) is 1. The van der Waals surface area contributed by atoms with Gasteiger partial charge < -0.3 is 5.32 Å². The molecule has 1 atom stereocenters. The van der Waals surface area contributed by atoms with Crippen molar-refractivity contribution >= 4 is 17.5 Å². The lowest BCUT2D eigenvalue weighted by Crippen LogP contribution is -2.30. The molecule has 0 aliphatic carbocycles. The van der Waals surface area contributed by atoms with E-state index in [4.69, 9.17) is 11.6 Å². The SMILES string of the molecule is CCC(Cl)CNC(=O)CCC(F)(F)F. The molecule has 0 rings (SSSR count). The van der Waals surface area contributed by atoms with Crippen molar-refractivity contribution in [1.82, 2.24) is 5.32 Å². The van der Waals surface area contributed by atoms with Crippen LogP contribution in [0, 0.1) is 0 Å². The first-order valence-corrected chi connectivity index (χ1v) is 4.76. The summed E-state index contributed by atoms with van der Waals surface area (Å²) in [6, 6.07) is 0. The zero-order valence-electron chi connectivity index (χ0n) is 7.83. The first-order chi connectivity index (χ1) is 6.35. The third-order valence-electron chi connectivity index (χ3n) is 1.60. The van der Waals surface area contributed by atoms with Crippen LogP contribution < -0.4 is 5.32 Å². The van der Waals surface area contributed by atoms with Gasteiger partial charge in [-0.1, -0.05) is 6.92 Å². The molecule has 6 heteroatoms. The van der Waals surface area contributed by atoms with Gasteiger partial charge in [-0.15, -0.1) is 11.6 Å². The van der Waals surface area contributed by atoms with Crippen molar-refractivity contribution in [1.29, 1.82) is 0 Å². The smallest absolute Gasteiger partial charge is 0.355 e. The largest absolute Gasteiger partial charge is 0.389 e. The van der Waals surface area contributed by atoms with Gasteiger partial charge in [-0.25, -0.2) is 0 Å². The summed E-state index contributed by atoms with van der Waals surface area (Å²) in [6.45, 7) is 2.05. The molecule has 1 N–H and O–H groups in total. The van der Waals surface area contributed by atoms with Crippen LogP contribution in [0.3, 0.4) is 0 Å². The molecule has 0 aromatic heterocycles. The van der Waals surface area contributed by atoms with Gasteiger partial charge in [-0.3, -0.25) is 4.79 Å². The zero-order chi connectivity index (χ0) is 11.2. The van der Waals surface area contributed by atoms with Crippen LogP contribution in [0.5, 0.6) is 0 Å². The van der Waals surface area contributed by atoms with E-state index in [9.17, 15) is 18.0 Å². The molecule has 0 radical (unpaired) electrons. The average Bonchev–Trinajstić information content (AvgIpc) is 2.09. The van der Waals surface area contributed by atoms with Gasteiger partial charge in [0.05, 0.1) is 11.8 Å². The Morgan fingerprint density at radius 2 is 2.07 bits per heavy atom. The molecule has 0 aliphatic rings. The third kappa shape index (κ3) is 8.16. The molecule has 1 amide bonds. The fourth-order valence-corrected chi connectivity index (χ4v) is 0.790. The predicted octanol–water partition coefficient (Wildman–Crippen LogP) is 2.46. The maximum absolute atomic E-state index is 11.7. The summed E-state index contributed by atoms with van der Waals surface area (Å²) >= 11 is 5.66. The minimum Gasteiger partial charge on any atom is -0.355 e. The first-order valence-electron chi connectivity index (χ1n) is 4.32. The molecular weight excluding hydrogens is 219 g/mol. The van der Waals surface area contributed by atoms with Gasteiger partial charge >= 0.3 is 6.18 Å². The van der Waals surface area contributed by atoms with E-state index < -0.39 is 24.9 Å². The molecule has 0 aromatic carbocycles. The molecule has 14 heavy (non-hydrogen) atoms. The normalized spacial score (nSPS) is 13.8. The van der Waals surface area contributed by atoms with Crippen LogP contribution in [0.4, 0.5) is 13.2 Å². The molecule has 0 fully saturated rings. The topological polar surface area (TPSA) is 29.1 Å². The van der Waals surface area contributed by atoms with Crippen LogP contribution >= 0.6 is 11.6 Å². The summed E-state index contributed by atoms with van der Waals surface area (Å²) in [5, 5.41) is 2.12. The Morgan fingerprint density at radius 3 is 2.50 bits per heavy atom. The van der Waals surface area contributed by atoms with E-state index >= 15 is 0 Å². The fraction of sp³-hybridized carbons (Fsp3) is 0.875. The van der Waals surface area contributed by atoms with Crippen molar-refractivity contribution in [3.8, 4) is 0 Å². The number of carbonyl (C=O) groups excluding carboxylic acids is 1. The van der Waals surface area contributed by atoms with E-state index in [0.29, 0.717) is 6.42 Å². The molecule has 84 valence electrons. The number of halogens is 4. The molecule has 0 aromatic rings. The van der Waals surface area contributed by atoms with Crippen LogP contribution in [0.25, 0.3) is 0 Å². The Balaban J connectivity index is 3.57. The number of hydrogen-bond acceptors (Lipinski definition) is 1. The van der Waals surface area contributed by atoms with Crippen molar-refractivity contribution in [2.75, 3.05) is 6.54 Å². The quantitative estimate of drug-likeness (QED) is 0.724. The van der Waals surface area contributed by atoms with Gasteiger partial charge in [0.25, 0.3) is 0 Å². The van der Waals surface area contributed by atoms with Crippen molar-refractivity contribution in [3.63, 3.8) is 0 Å². The van der Waals surface area contributed by atoms with Gasteiger partial charge in [0, 0.05) is 13.0 Å². The van der Waals surface area contributed by atoms with Crippen molar-refractivity contribution < 1.29 is 18.0 Å². The van der Waals surface area contributed by atoms with Crippen LogP contribution in [-0.4, -0.2) is 24.0 Å². The third-order valence-corrected chi connectivity index (χ3v) is 2.06. The summed E-state index contributed by atoms with van der Waals surface area (Å²) in [6.07, 6.45) is -5.22. The lowest BCUT2D eigenvalue weighted by Gasteiger charge is -2.09. The molecule has 0 heterocycles. The lowest BCUT2D eigenvalue weighted by molar-refractivity contribution is -0.144. The highest BCUT2D eigenvalue weighted by Crippen LogP contribution is 2.20. The summed E-state index contributed by atoms with van der Waals surface area (Å²) in [4.78, 5) is 10.8. The number of amides is 1. The van der Waals surface area contributed by atoms with Crippen molar-refractivity contribution in [2.24, 2.45) is 0 Å².